The van der Waals surface area contributed by atoms with E-state index in [9.17, 15) is 5.21 Å². The van der Waals surface area contributed by atoms with E-state index in [1.807, 2.05) is 6.92 Å². The van der Waals surface area contributed by atoms with Gasteiger partial charge in [0.1, 0.15) is 25.7 Å². The Labute approximate surface area is 109 Å². The molecule has 102 valence electrons. The Morgan fingerprint density at radius 3 is 2.16 bits per heavy atom. The van der Waals surface area contributed by atoms with Crippen molar-refractivity contribution in [2.45, 2.75) is 6.92 Å². The summed E-state index contributed by atoms with van der Waals surface area (Å²) in [6, 6.07) is 0. The van der Waals surface area contributed by atoms with Crippen LogP contribution in [0.5, 0.6) is 0 Å². The first kappa shape index (κ1) is 11.3. The molecule has 0 aromatic carbocycles. The largest absolute Gasteiger partial charge is 0.406 e. The quantitative estimate of drug-likeness (QED) is 0.230. The molecule has 1 N–H and O–H groups in total. The second-order valence-corrected chi connectivity index (χ2v) is 5.63. The summed E-state index contributed by atoms with van der Waals surface area (Å²) < 4.78 is 5.31. The van der Waals surface area contributed by atoms with E-state index < -0.39 is 0 Å². The minimum absolute atomic E-state index is 0.540. The molecule has 0 amide bonds. The van der Waals surface area contributed by atoms with Crippen LogP contribution in [0.2, 0.25) is 0 Å². The van der Waals surface area contributed by atoms with E-state index in [0.717, 1.165) is 40.0 Å². The highest BCUT2D eigenvalue weighted by Crippen LogP contribution is 2.31. The Hall–Kier alpha value is -1.55. The van der Waals surface area contributed by atoms with Gasteiger partial charge in [-0.25, -0.2) is 23.8 Å². The molecule has 4 fully saturated rings. The average Bonchev–Trinajstić information content (AvgIpc) is 2.74. The van der Waals surface area contributed by atoms with Crippen LogP contribution in [-0.4, -0.2) is 80.6 Å². The van der Waals surface area contributed by atoms with Gasteiger partial charge in [0.25, 0.3) is 5.84 Å². The van der Waals surface area contributed by atoms with Crippen LogP contribution >= 0.6 is 0 Å². The number of quaternary nitrogens is 1. The number of hydrogen-bond acceptors (Lipinski definition) is 8. The summed E-state index contributed by atoms with van der Waals surface area (Å²) in [5, 5.41) is 20.7. The van der Waals surface area contributed by atoms with Gasteiger partial charge in [-0.05, 0) is 17.2 Å². The maximum absolute atomic E-state index is 9.49. The van der Waals surface area contributed by atoms with E-state index in [1.165, 1.54) is 0 Å². The Kier molecular flexibility index (Phi) is 2.22. The number of aryl methyl sites for hydroxylation is 1. The third-order valence-electron chi connectivity index (χ3n) is 4.02. The van der Waals surface area contributed by atoms with E-state index in [1.54, 1.807) is 0 Å². The lowest BCUT2D eigenvalue weighted by Crippen LogP contribution is -2.80. The molecule has 4 saturated heterocycles. The van der Waals surface area contributed by atoms with Gasteiger partial charge in [0.05, 0.1) is 20.0 Å². The highest BCUT2D eigenvalue weighted by molar-refractivity contribution is 5.92. The molecule has 0 saturated carbocycles. The molecule has 0 unspecified atom stereocenters. The maximum Gasteiger partial charge on any atom is 0.296 e. The molecule has 9 nitrogen and oxygen atoms in total. The van der Waals surface area contributed by atoms with E-state index in [2.05, 4.69) is 30.2 Å². The van der Waals surface area contributed by atoms with Crippen molar-refractivity contribution in [3.05, 3.63) is 11.4 Å². The molecule has 4 aliphatic heterocycles. The predicted octanol–water partition coefficient (Wildman–Crippen LogP) is -0.978. The van der Waals surface area contributed by atoms with Crippen LogP contribution in [0.25, 0.3) is 0 Å². The number of rotatable bonds is 1. The van der Waals surface area contributed by atoms with Gasteiger partial charge in [-0.1, -0.05) is 5.16 Å². The molecule has 1 aromatic rings. The summed E-state index contributed by atoms with van der Waals surface area (Å²) in [6.07, 6.45) is 0. The molecule has 5 heterocycles. The summed E-state index contributed by atoms with van der Waals surface area (Å²) in [6.45, 7) is 7.24. The molecule has 0 spiro atoms. The van der Waals surface area contributed by atoms with Gasteiger partial charge in [0.15, 0.2) is 0 Å². The number of oxime groups is 1. The molecule has 4 bridgehead atoms. The third kappa shape index (κ3) is 1.53. The van der Waals surface area contributed by atoms with Crippen molar-refractivity contribution >= 4 is 5.84 Å². The lowest BCUT2D eigenvalue weighted by molar-refractivity contribution is -0.904. The van der Waals surface area contributed by atoms with Crippen LogP contribution in [0.3, 0.4) is 0 Å². The zero-order chi connectivity index (χ0) is 13.0. The van der Waals surface area contributed by atoms with Crippen LogP contribution < -0.4 is 0 Å². The lowest BCUT2D eigenvalue weighted by atomic mass is 10.2. The van der Waals surface area contributed by atoms with Crippen LogP contribution in [0, 0.1) is 6.92 Å². The molecule has 0 aliphatic carbocycles. The molecular formula is C10H16N7O2+. The molecule has 4 aliphatic rings. The van der Waals surface area contributed by atoms with Crippen LogP contribution in [0.1, 0.15) is 11.4 Å². The second kappa shape index (κ2) is 3.73. The fourth-order valence-corrected chi connectivity index (χ4v) is 3.54. The standard InChI is InChI=1S/C10H15N7O2/c1-8-9(13-19-12-8)10(11-18)17-5-14-2-15(6-17)4-16(3-14)7-17/h2-7H2,1H3/p+1/b11-10+. The van der Waals surface area contributed by atoms with E-state index in [0.29, 0.717) is 21.7 Å². The Morgan fingerprint density at radius 1 is 1.16 bits per heavy atom. The highest BCUT2D eigenvalue weighted by atomic mass is 16.6. The van der Waals surface area contributed by atoms with Crippen molar-refractivity contribution in [1.29, 1.82) is 0 Å². The number of amidine groups is 1. The zero-order valence-corrected chi connectivity index (χ0v) is 10.7. The van der Waals surface area contributed by atoms with Crippen molar-refractivity contribution in [3.8, 4) is 0 Å². The summed E-state index contributed by atoms with van der Waals surface area (Å²) in [5.41, 5.74) is 1.20. The van der Waals surface area contributed by atoms with Gasteiger partial charge in [-0.2, -0.15) is 0 Å². The highest BCUT2D eigenvalue weighted by Gasteiger charge is 2.53. The van der Waals surface area contributed by atoms with Crippen LogP contribution in [0.15, 0.2) is 9.78 Å². The lowest BCUT2D eigenvalue weighted by Gasteiger charge is -2.59. The molecular weight excluding hydrogens is 250 g/mol. The van der Waals surface area contributed by atoms with Crippen LogP contribution in [-0.2, 0) is 0 Å². The van der Waals surface area contributed by atoms with Gasteiger partial charge in [-0.3, -0.25) is 0 Å². The fourth-order valence-electron chi connectivity index (χ4n) is 3.54. The van der Waals surface area contributed by atoms with Gasteiger partial charge in [-0.15, -0.1) is 0 Å². The van der Waals surface area contributed by atoms with Crippen molar-refractivity contribution in [1.82, 2.24) is 25.0 Å². The monoisotopic (exact) mass is 266 g/mol. The van der Waals surface area contributed by atoms with Crippen molar-refractivity contribution in [2.24, 2.45) is 5.16 Å². The Bertz CT molecular complexity index is 504. The summed E-state index contributed by atoms with van der Waals surface area (Å²) in [4.78, 5) is 7.01. The topological polar surface area (TPSA) is 81.2 Å². The van der Waals surface area contributed by atoms with Crippen molar-refractivity contribution in [2.75, 3.05) is 40.0 Å². The first-order chi connectivity index (χ1) is 9.20. The first-order valence-electron chi connectivity index (χ1n) is 6.25. The summed E-state index contributed by atoms with van der Waals surface area (Å²) in [7, 11) is 0. The number of nitrogens with zero attached hydrogens (tertiary/aromatic N) is 7. The van der Waals surface area contributed by atoms with Crippen LogP contribution in [0.4, 0.5) is 0 Å². The summed E-state index contributed by atoms with van der Waals surface area (Å²) >= 11 is 0. The normalized spacial score (nSPS) is 40.9. The van der Waals surface area contributed by atoms with Gasteiger partial charge in [0.2, 0.25) is 5.69 Å². The molecule has 0 radical (unpaired) electrons. The van der Waals surface area contributed by atoms with E-state index in [4.69, 9.17) is 4.63 Å². The molecule has 0 atom stereocenters. The number of aromatic nitrogens is 2. The zero-order valence-electron chi connectivity index (χ0n) is 10.7. The van der Waals surface area contributed by atoms with E-state index in [-0.39, 0.29) is 0 Å². The fraction of sp³-hybridized carbons (Fsp3) is 0.700. The van der Waals surface area contributed by atoms with Crippen molar-refractivity contribution in [3.63, 3.8) is 0 Å². The summed E-state index contributed by atoms with van der Waals surface area (Å²) in [5.74, 6) is 0.540. The SMILES string of the molecule is Cc1nonc1/C(=N\O)[N+]12CN3CN(CN(C3)C1)C2. The van der Waals surface area contributed by atoms with Crippen molar-refractivity contribution < 1.29 is 14.3 Å². The second-order valence-electron chi connectivity index (χ2n) is 5.63. The maximum atomic E-state index is 9.49. The predicted molar refractivity (Wildman–Crippen MR) is 62.3 cm³/mol. The number of hydrogen-bond donors (Lipinski definition) is 1. The average molecular weight is 266 g/mol. The molecule has 5 rings (SSSR count). The van der Waals surface area contributed by atoms with Gasteiger partial charge >= 0.3 is 0 Å². The smallest absolute Gasteiger partial charge is 0.296 e. The Balaban J connectivity index is 1.76. The minimum atomic E-state index is 0.540. The molecule has 9 heteroatoms. The molecule has 1 aromatic heterocycles. The first-order valence-corrected chi connectivity index (χ1v) is 6.25. The third-order valence-corrected chi connectivity index (χ3v) is 4.02. The Morgan fingerprint density at radius 2 is 1.74 bits per heavy atom. The van der Waals surface area contributed by atoms with E-state index >= 15 is 0 Å². The minimum Gasteiger partial charge on any atom is -0.406 e. The molecule has 19 heavy (non-hydrogen) atoms. The van der Waals surface area contributed by atoms with Gasteiger partial charge in [0, 0.05) is 0 Å². The van der Waals surface area contributed by atoms with Gasteiger partial charge < -0.3 is 5.21 Å².